The molecule has 2 unspecified atom stereocenters. The first-order valence-electron chi connectivity index (χ1n) is 7.07. The summed E-state index contributed by atoms with van der Waals surface area (Å²) in [6, 6.07) is 0.216. The van der Waals surface area contributed by atoms with Crippen molar-refractivity contribution in [3.63, 3.8) is 0 Å². The van der Waals surface area contributed by atoms with Gasteiger partial charge < -0.3 is 9.47 Å². The Labute approximate surface area is 119 Å². The van der Waals surface area contributed by atoms with Crippen LogP contribution in [-0.2, 0) is 6.54 Å². The molecule has 1 fully saturated rings. The summed E-state index contributed by atoms with van der Waals surface area (Å²) >= 11 is 6.40. The van der Waals surface area contributed by atoms with Gasteiger partial charge >= 0.3 is 0 Å². The highest BCUT2D eigenvalue weighted by molar-refractivity contribution is 6.21. The minimum Gasteiger partial charge on any atom is -0.351 e. The number of nitrogens with zero attached hydrogens (tertiary/aromatic N) is 3. The lowest BCUT2D eigenvalue weighted by Gasteiger charge is -2.35. The van der Waals surface area contributed by atoms with Gasteiger partial charge in [-0.25, -0.2) is 4.98 Å². The van der Waals surface area contributed by atoms with Crippen LogP contribution in [0, 0.1) is 0 Å². The zero-order chi connectivity index (χ0) is 13.8. The van der Waals surface area contributed by atoms with E-state index in [1.54, 1.807) is 17.0 Å². The molecule has 0 spiro atoms. The number of aromatic nitrogens is 2. The molecule has 1 aromatic rings. The standard InChI is InChI=1S/C14H22ClN3O/c1-3-9-18-10-8-16-13(14(18)19)17(2)12-7-5-4-6-11(12)15/h8,10-12H,3-7,9H2,1-2H3. The van der Waals surface area contributed by atoms with Gasteiger partial charge in [-0.15, -0.1) is 11.6 Å². The number of anilines is 1. The molecule has 0 radical (unpaired) electrons. The molecule has 1 heterocycles. The average Bonchev–Trinajstić information content (AvgIpc) is 2.41. The molecule has 0 amide bonds. The van der Waals surface area contributed by atoms with Crippen molar-refractivity contribution in [3.05, 3.63) is 22.7 Å². The molecule has 0 N–H and O–H groups in total. The molecule has 0 aliphatic heterocycles. The summed E-state index contributed by atoms with van der Waals surface area (Å²) in [6.07, 6.45) is 8.81. The molecule has 1 aliphatic carbocycles. The fourth-order valence-corrected chi connectivity index (χ4v) is 3.20. The van der Waals surface area contributed by atoms with Gasteiger partial charge in [0, 0.05) is 32.0 Å². The van der Waals surface area contributed by atoms with E-state index in [1.165, 1.54) is 12.8 Å². The van der Waals surface area contributed by atoms with Gasteiger partial charge in [0.1, 0.15) is 0 Å². The normalized spacial score (nSPS) is 23.3. The minimum atomic E-state index is -0.0127. The third-order valence-electron chi connectivity index (χ3n) is 3.84. The van der Waals surface area contributed by atoms with E-state index in [9.17, 15) is 4.79 Å². The molecule has 19 heavy (non-hydrogen) atoms. The second kappa shape index (κ2) is 6.42. The van der Waals surface area contributed by atoms with E-state index in [0.29, 0.717) is 5.82 Å². The molecular weight excluding hydrogens is 262 g/mol. The highest BCUT2D eigenvalue weighted by Crippen LogP contribution is 2.27. The molecule has 4 nitrogen and oxygen atoms in total. The zero-order valence-electron chi connectivity index (χ0n) is 11.7. The van der Waals surface area contributed by atoms with Crippen LogP contribution in [0.15, 0.2) is 17.2 Å². The van der Waals surface area contributed by atoms with Gasteiger partial charge in [-0.3, -0.25) is 4.79 Å². The van der Waals surface area contributed by atoms with E-state index >= 15 is 0 Å². The summed E-state index contributed by atoms with van der Waals surface area (Å²) in [6.45, 7) is 2.79. The van der Waals surface area contributed by atoms with E-state index in [1.807, 2.05) is 11.9 Å². The average molecular weight is 284 g/mol. The van der Waals surface area contributed by atoms with Crippen LogP contribution in [0.4, 0.5) is 5.82 Å². The lowest BCUT2D eigenvalue weighted by Crippen LogP contribution is -2.44. The Balaban J connectivity index is 2.25. The van der Waals surface area contributed by atoms with E-state index in [-0.39, 0.29) is 17.0 Å². The Kier molecular flexibility index (Phi) is 4.86. The van der Waals surface area contributed by atoms with Gasteiger partial charge in [-0.05, 0) is 19.3 Å². The Bertz CT molecular complexity index is 474. The molecule has 1 saturated carbocycles. The second-order valence-corrected chi connectivity index (χ2v) is 5.79. The molecule has 106 valence electrons. The van der Waals surface area contributed by atoms with Crippen LogP contribution >= 0.6 is 11.6 Å². The highest BCUT2D eigenvalue weighted by atomic mass is 35.5. The Morgan fingerprint density at radius 1 is 1.47 bits per heavy atom. The van der Waals surface area contributed by atoms with Crippen LogP contribution in [0.1, 0.15) is 39.0 Å². The third-order valence-corrected chi connectivity index (χ3v) is 4.35. The van der Waals surface area contributed by atoms with Crippen molar-refractivity contribution in [1.29, 1.82) is 0 Å². The van der Waals surface area contributed by atoms with Gasteiger partial charge in [-0.1, -0.05) is 19.8 Å². The summed E-state index contributed by atoms with van der Waals surface area (Å²) in [5.74, 6) is 0.522. The molecule has 1 aromatic heterocycles. The van der Waals surface area contributed by atoms with Crippen LogP contribution in [0.5, 0.6) is 0 Å². The second-order valence-electron chi connectivity index (χ2n) is 5.23. The predicted octanol–water partition coefficient (Wildman–Crippen LogP) is 2.64. The van der Waals surface area contributed by atoms with Gasteiger partial charge in [0.25, 0.3) is 5.56 Å². The van der Waals surface area contributed by atoms with Gasteiger partial charge in [-0.2, -0.15) is 0 Å². The maximum Gasteiger partial charge on any atom is 0.293 e. The third kappa shape index (κ3) is 3.11. The maximum absolute atomic E-state index is 12.4. The summed E-state index contributed by atoms with van der Waals surface area (Å²) in [5.41, 5.74) is -0.0127. The number of aryl methyl sites for hydroxylation is 1. The highest BCUT2D eigenvalue weighted by Gasteiger charge is 2.28. The van der Waals surface area contributed by atoms with Gasteiger partial charge in [0.15, 0.2) is 5.82 Å². The Morgan fingerprint density at radius 2 is 2.21 bits per heavy atom. The van der Waals surface area contributed by atoms with E-state index in [4.69, 9.17) is 11.6 Å². The molecule has 1 aliphatic rings. The van der Waals surface area contributed by atoms with Crippen molar-refractivity contribution < 1.29 is 0 Å². The predicted molar refractivity (Wildman–Crippen MR) is 79.1 cm³/mol. The molecule has 5 heteroatoms. The van der Waals surface area contributed by atoms with Crippen molar-refractivity contribution in [2.75, 3.05) is 11.9 Å². The number of hydrogen-bond acceptors (Lipinski definition) is 3. The van der Waals surface area contributed by atoms with Crippen molar-refractivity contribution in [2.24, 2.45) is 0 Å². The summed E-state index contributed by atoms with van der Waals surface area (Å²) in [5, 5.41) is 0.111. The first kappa shape index (κ1) is 14.4. The fraction of sp³-hybridized carbons (Fsp3) is 0.714. The Morgan fingerprint density at radius 3 is 2.89 bits per heavy atom. The van der Waals surface area contributed by atoms with E-state index < -0.39 is 0 Å². The van der Waals surface area contributed by atoms with E-state index in [0.717, 1.165) is 25.8 Å². The monoisotopic (exact) mass is 283 g/mol. The van der Waals surface area contributed by atoms with Crippen LogP contribution in [0.25, 0.3) is 0 Å². The van der Waals surface area contributed by atoms with Crippen LogP contribution < -0.4 is 10.5 Å². The largest absolute Gasteiger partial charge is 0.351 e. The molecule has 0 aromatic carbocycles. The summed E-state index contributed by atoms with van der Waals surface area (Å²) < 4.78 is 1.73. The van der Waals surface area contributed by atoms with Gasteiger partial charge in [0.2, 0.25) is 0 Å². The van der Waals surface area contributed by atoms with Crippen LogP contribution in [0.3, 0.4) is 0 Å². The zero-order valence-corrected chi connectivity index (χ0v) is 12.4. The number of alkyl halides is 1. The topological polar surface area (TPSA) is 38.1 Å². The summed E-state index contributed by atoms with van der Waals surface area (Å²) in [4.78, 5) is 18.6. The quantitative estimate of drug-likeness (QED) is 0.798. The fourth-order valence-electron chi connectivity index (χ4n) is 2.75. The lowest BCUT2D eigenvalue weighted by atomic mass is 9.94. The molecule has 2 rings (SSSR count). The van der Waals surface area contributed by atoms with E-state index in [2.05, 4.69) is 11.9 Å². The number of hydrogen-bond donors (Lipinski definition) is 0. The van der Waals surface area contributed by atoms with Crippen LogP contribution in [0.2, 0.25) is 0 Å². The first-order chi connectivity index (χ1) is 9.15. The van der Waals surface area contributed by atoms with Crippen molar-refractivity contribution >= 4 is 17.4 Å². The Hall–Kier alpha value is -1.03. The van der Waals surface area contributed by atoms with Crippen LogP contribution in [-0.4, -0.2) is 28.0 Å². The minimum absolute atomic E-state index is 0.0127. The summed E-state index contributed by atoms with van der Waals surface area (Å²) in [7, 11) is 1.94. The maximum atomic E-state index is 12.4. The smallest absolute Gasteiger partial charge is 0.293 e. The molecule has 0 saturated heterocycles. The molecular formula is C14H22ClN3O. The number of rotatable bonds is 4. The number of halogens is 1. The van der Waals surface area contributed by atoms with Crippen molar-refractivity contribution in [3.8, 4) is 0 Å². The first-order valence-corrected chi connectivity index (χ1v) is 7.51. The molecule has 2 atom stereocenters. The van der Waals surface area contributed by atoms with Crippen molar-refractivity contribution in [2.45, 2.75) is 57.0 Å². The molecule has 0 bridgehead atoms. The lowest BCUT2D eigenvalue weighted by molar-refractivity contribution is 0.431. The SMILES string of the molecule is CCCn1ccnc(N(C)C2CCCCC2Cl)c1=O. The van der Waals surface area contributed by atoms with Crippen molar-refractivity contribution in [1.82, 2.24) is 9.55 Å². The van der Waals surface area contributed by atoms with Gasteiger partial charge in [0.05, 0.1) is 5.38 Å².